The second kappa shape index (κ2) is 8.13. The number of rotatable bonds is 7. The third-order valence-electron chi connectivity index (χ3n) is 4.97. The molecule has 0 spiro atoms. The van der Waals surface area contributed by atoms with Gasteiger partial charge in [0, 0.05) is 0 Å². The smallest absolute Gasteiger partial charge is 0.325 e. The van der Waals surface area contributed by atoms with Gasteiger partial charge in [0.05, 0.1) is 13.7 Å². The van der Waals surface area contributed by atoms with Crippen LogP contribution in [-0.4, -0.2) is 48.3 Å². The van der Waals surface area contributed by atoms with Gasteiger partial charge in [-0.15, -0.1) is 0 Å². The van der Waals surface area contributed by atoms with E-state index < -0.39 is 23.6 Å². The molecule has 2 aromatic rings. The van der Waals surface area contributed by atoms with E-state index >= 15 is 0 Å². The van der Waals surface area contributed by atoms with Crippen molar-refractivity contribution in [2.75, 3.05) is 20.3 Å². The summed E-state index contributed by atoms with van der Waals surface area (Å²) in [4.78, 5) is 26.4. The van der Waals surface area contributed by atoms with Gasteiger partial charge >= 0.3 is 6.03 Å². The van der Waals surface area contributed by atoms with Crippen molar-refractivity contribution in [3.05, 3.63) is 59.2 Å². The molecule has 2 aromatic carbocycles. The van der Waals surface area contributed by atoms with Gasteiger partial charge in [-0.3, -0.25) is 9.69 Å². The molecule has 0 radical (unpaired) electrons. The highest BCUT2D eigenvalue weighted by Gasteiger charge is 2.49. The van der Waals surface area contributed by atoms with Crippen LogP contribution in [0.25, 0.3) is 0 Å². The molecular formula is C22H26N2O5. The molecule has 0 aromatic heterocycles. The van der Waals surface area contributed by atoms with Crippen molar-refractivity contribution < 1.29 is 24.2 Å². The topological polar surface area (TPSA) is 88.1 Å². The summed E-state index contributed by atoms with van der Waals surface area (Å²) >= 11 is 0. The molecule has 1 saturated heterocycles. The highest BCUT2D eigenvalue weighted by molar-refractivity contribution is 6.07. The van der Waals surface area contributed by atoms with Crippen molar-refractivity contribution in [1.82, 2.24) is 10.2 Å². The molecule has 29 heavy (non-hydrogen) atoms. The maximum atomic E-state index is 13.0. The number of aliphatic hydroxyl groups excluding tert-OH is 1. The molecule has 1 fully saturated rings. The standard InChI is InChI=1S/C22H26N2O5/c1-14-9-15(2)11-19(10-14)29-13-17(25)12-24-20(26)22(3,23-21(24)27)16-5-7-18(28-4)8-6-16/h5-11,17,25H,12-13H2,1-4H3,(H,23,27)/t17-,22-/m0/s1. The van der Waals surface area contributed by atoms with Gasteiger partial charge in [-0.05, 0) is 61.7 Å². The number of methoxy groups -OCH3 is 1. The van der Waals surface area contributed by atoms with Crippen LogP contribution in [0.5, 0.6) is 11.5 Å². The number of aliphatic hydroxyl groups is 1. The highest BCUT2D eigenvalue weighted by atomic mass is 16.5. The second-order valence-electron chi connectivity index (χ2n) is 7.49. The third kappa shape index (κ3) is 4.35. The predicted molar refractivity (Wildman–Crippen MR) is 108 cm³/mol. The predicted octanol–water partition coefficient (Wildman–Crippen LogP) is 2.52. The van der Waals surface area contributed by atoms with E-state index in [2.05, 4.69) is 5.32 Å². The van der Waals surface area contributed by atoms with Gasteiger partial charge in [-0.2, -0.15) is 0 Å². The zero-order valence-electron chi connectivity index (χ0n) is 17.1. The van der Waals surface area contributed by atoms with Crippen molar-refractivity contribution in [2.24, 2.45) is 0 Å². The number of benzene rings is 2. The number of carbonyl (C=O) groups is 2. The Morgan fingerprint density at radius 1 is 1.07 bits per heavy atom. The lowest BCUT2D eigenvalue weighted by atomic mass is 9.92. The zero-order valence-corrected chi connectivity index (χ0v) is 17.1. The molecule has 0 unspecified atom stereocenters. The Balaban J connectivity index is 1.65. The molecule has 0 bridgehead atoms. The molecule has 154 valence electrons. The lowest BCUT2D eigenvalue weighted by molar-refractivity contribution is -0.132. The van der Waals surface area contributed by atoms with Gasteiger partial charge in [-0.25, -0.2) is 4.79 Å². The Bertz CT molecular complexity index is 892. The summed E-state index contributed by atoms with van der Waals surface area (Å²) in [5.74, 6) is 0.880. The maximum Gasteiger partial charge on any atom is 0.325 e. The van der Waals surface area contributed by atoms with Gasteiger partial charge in [0.2, 0.25) is 0 Å². The Morgan fingerprint density at radius 2 is 1.69 bits per heavy atom. The third-order valence-corrected chi connectivity index (χ3v) is 4.97. The summed E-state index contributed by atoms with van der Waals surface area (Å²) < 4.78 is 10.8. The number of ether oxygens (including phenoxy) is 2. The van der Waals surface area contributed by atoms with Crippen LogP contribution >= 0.6 is 0 Å². The van der Waals surface area contributed by atoms with Crippen LogP contribution in [0.15, 0.2) is 42.5 Å². The van der Waals surface area contributed by atoms with Crippen molar-refractivity contribution in [1.29, 1.82) is 0 Å². The largest absolute Gasteiger partial charge is 0.497 e. The molecule has 0 aliphatic carbocycles. The van der Waals surface area contributed by atoms with Crippen molar-refractivity contribution in [3.8, 4) is 11.5 Å². The number of carbonyl (C=O) groups excluding carboxylic acids is 2. The van der Waals surface area contributed by atoms with Crippen LogP contribution in [0.3, 0.4) is 0 Å². The maximum absolute atomic E-state index is 13.0. The van der Waals surface area contributed by atoms with E-state index in [9.17, 15) is 14.7 Å². The van der Waals surface area contributed by atoms with E-state index in [1.807, 2.05) is 32.0 Å². The minimum Gasteiger partial charge on any atom is -0.497 e. The Labute approximate surface area is 170 Å². The van der Waals surface area contributed by atoms with Crippen LogP contribution in [0.1, 0.15) is 23.6 Å². The molecule has 1 aliphatic heterocycles. The van der Waals surface area contributed by atoms with E-state index in [0.29, 0.717) is 17.1 Å². The van der Waals surface area contributed by atoms with E-state index in [1.54, 1.807) is 38.3 Å². The number of nitrogens with zero attached hydrogens (tertiary/aromatic N) is 1. The van der Waals surface area contributed by atoms with E-state index in [4.69, 9.17) is 9.47 Å². The first-order valence-electron chi connectivity index (χ1n) is 9.40. The first kappa shape index (κ1) is 20.7. The average Bonchev–Trinajstić information content (AvgIpc) is 2.90. The van der Waals surface area contributed by atoms with Crippen LogP contribution < -0.4 is 14.8 Å². The summed E-state index contributed by atoms with van der Waals surface area (Å²) in [6.07, 6.45) is -1.01. The number of nitrogens with one attached hydrogen (secondary N) is 1. The first-order valence-corrected chi connectivity index (χ1v) is 9.40. The molecule has 2 atom stereocenters. The fourth-order valence-electron chi connectivity index (χ4n) is 3.45. The number of hydrogen-bond donors (Lipinski definition) is 2. The molecule has 0 saturated carbocycles. The molecule has 7 heteroatoms. The normalized spacial score (nSPS) is 19.8. The van der Waals surface area contributed by atoms with E-state index in [0.717, 1.165) is 16.0 Å². The molecule has 3 amide bonds. The van der Waals surface area contributed by atoms with E-state index in [1.165, 1.54) is 0 Å². The highest BCUT2D eigenvalue weighted by Crippen LogP contribution is 2.30. The van der Waals surface area contributed by atoms with Gasteiger partial charge in [0.15, 0.2) is 0 Å². The number of hydrogen-bond acceptors (Lipinski definition) is 5. The van der Waals surface area contributed by atoms with Gasteiger partial charge in [0.25, 0.3) is 5.91 Å². The van der Waals surface area contributed by atoms with Crippen molar-refractivity contribution >= 4 is 11.9 Å². The van der Waals surface area contributed by atoms with Crippen molar-refractivity contribution in [3.63, 3.8) is 0 Å². The molecule has 1 aliphatic rings. The van der Waals surface area contributed by atoms with Gasteiger partial charge < -0.3 is 19.9 Å². The minimum atomic E-state index is -1.20. The number of β-amino-alcohol motifs (C(OH)–C–C–N with tert-alkyl or cyclic N) is 1. The average molecular weight is 398 g/mol. The zero-order chi connectivity index (χ0) is 21.2. The molecular weight excluding hydrogens is 372 g/mol. The summed E-state index contributed by atoms with van der Waals surface area (Å²) in [6, 6.07) is 12.2. The first-order chi connectivity index (χ1) is 13.7. The molecule has 7 nitrogen and oxygen atoms in total. The lowest BCUT2D eigenvalue weighted by Gasteiger charge is -2.23. The number of aryl methyl sites for hydroxylation is 2. The van der Waals surface area contributed by atoms with Gasteiger partial charge in [-0.1, -0.05) is 18.2 Å². The Morgan fingerprint density at radius 3 is 2.28 bits per heavy atom. The molecule has 3 rings (SSSR count). The monoisotopic (exact) mass is 398 g/mol. The van der Waals surface area contributed by atoms with Crippen LogP contribution in [0, 0.1) is 13.8 Å². The SMILES string of the molecule is COc1ccc([C@]2(C)NC(=O)N(C[C@H](O)COc3cc(C)cc(C)c3)C2=O)cc1. The summed E-state index contributed by atoms with van der Waals surface area (Å²) in [6.45, 7) is 5.39. The quantitative estimate of drug-likeness (QED) is 0.700. The van der Waals surface area contributed by atoms with Crippen LogP contribution in [0.2, 0.25) is 0 Å². The number of imide groups is 1. The van der Waals surface area contributed by atoms with Gasteiger partial charge in [0.1, 0.15) is 29.7 Å². The Kier molecular flexibility index (Phi) is 5.79. The number of urea groups is 1. The molecule has 1 heterocycles. The second-order valence-corrected chi connectivity index (χ2v) is 7.49. The fourth-order valence-corrected chi connectivity index (χ4v) is 3.45. The summed E-state index contributed by atoms with van der Waals surface area (Å²) in [7, 11) is 1.56. The minimum absolute atomic E-state index is 0.0286. The number of amides is 3. The van der Waals surface area contributed by atoms with Crippen LogP contribution in [0.4, 0.5) is 4.79 Å². The van der Waals surface area contributed by atoms with Crippen molar-refractivity contribution in [2.45, 2.75) is 32.4 Å². The summed E-state index contributed by atoms with van der Waals surface area (Å²) in [5.41, 5.74) is 1.55. The van der Waals surface area contributed by atoms with Crippen LogP contribution in [-0.2, 0) is 10.3 Å². The Hall–Kier alpha value is -3.06. The molecule has 2 N–H and O–H groups in total. The fraction of sp³-hybridized carbons (Fsp3) is 0.364. The lowest BCUT2D eigenvalue weighted by Crippen LogP contribution is -2.42. The van der Waals surface area contributed by atoms with E-state index in [-0.39, 0.29) is 13.2 Å². The summed E-state index contributed by atoms with van der Waals surface area (Å²) in [5, 5.41) is 13.1.